The van der Waals surface area contributed by atoms with Crippen LogP contribution in [0.25, 0.3) is 0 Å². The Labute approximate surface area is 125 Å². The molecular formula is C18H20OS. The number of ketones is 1. The molecule has 0 heterocycles. The van der Waals surface area contributed by atoms with E-state index in [1.54, 1.807) is 11.8 Å². The van der Waals surface area contributed by atoms with Gasteiger partial charge in [0.25, 0.3) is 0 Å². The molecule has 2 rings (SSSR count). The molecule has 0 aliphatic rings. The highest BCUT2D eigenvalue weighted by Gasteiger charge is 2.10. The summed E-state index contributed by atoms with van der Waals surface area (Å²) in [5.41, 5.74) is 5.60. The molecule has 2 aromatic carbocycles. The Bertz CT molecular complexity index is 644. The van der Waals surface area contributed by atoms with E-state index < -0.39 is 0 Å². The van der Waals surface area contributed by atoms with E-state index in [0.29, 0.717) is 5.75 Å². The lowest BCUT2D eigenvalue weighted by Crippen LogP contribution is -2.05. The lowest BCUT2D eigenvalue weighted by Gasteiger charge is -2.08. The second kappa shape index (κ2) is 6.27. The largest absolute Gasteiger partial charge is 0.293 e. The quantitative estimate of drug-likeness (QED) is 0.587. The predicted molar refractivity (Wildman–Crippen MR) is 86.9 cm³/mol. The van der Waals surface area contributed by atoms with Crippen molar-refractivity contribution in [3.05, 3.63) is 64.2 Å². The highest BCUT2D eigenvalue weighted by atomic mass is 32.2. The predicted octanol–water partition coefficient (Wildman–Crippen LogP) is 4.90. The third kappa shape index (κ3) is 3.51. The number of benzene rings is 2. The molecule has 0 fully saturated rings. The van der Waals surface area contributed by atoms with Crippen molar-refractivity contribution >= 4 is 17.5 Å². The summed E-state index contributed by atoms with van der Waals surface area (Å²) in [5, 5.41) is 0. The highest BCUT2D eigenvalue weighted by molar-refractivity contribution is 8.00. The van der Waals surface area contributed by atoms with Crippen LogP contribution < -0.4 is 0 Å². The second-order valence-electron chi connectivity index (χ2n) is 5.30. The zero-order valence-corrected chi connectivity index (χ0v) is 13.3. The topological polar surface area (TPSA) is 17.1 Å². The molecule has 0 spiro atoms. The van der Waals surface area contributed by atoms with Gasteiger partial charge < -0.3 is 0 Å². The summed E-state index contributed by atoms with van der Waals surface area (Å²) in [7, 11) is 0. The molecule has 0 unspecified atom stereocenters. The normalized spacial score (nSPS) is 10.6. The Hall–Kier alpha value is -1.54. The van der Waals surface area contributed by atoms with Gasteiger partial charge in [-0.25, -0.2) is 0 Å². The molecule has 0 radical (unpaired) electrons. The summed E-state index contributed by atoms with van der Waals surface area (Å²) in [6, 6.07) is 12.4. The van der Waals surface area contributed by atoms with Crippen LogP contribution >= 0.6 is 11.8 Å². The van der Waals surface area contributed by atoms with E-state index >= 15 is 0 Å². The van der Waals surface area contributed by atoms with Gasteiger partial charge in [0.1, 0.15) is 0 Å². The van der Waals surface area contributed by atoms with Gasteiger partial charge in [0, 0.05) is 10.5 Å². The number of carbonyl (C=O) groups is 1. The molecule has 0 aromatic heterocycles. The molecule has 1 nitrogen and oxygen atoms in total. The Morgan fingerprint density at radius 2 is 1.50 bits per heavy atom. The average Bonchev–Trinajstić information content (AvgIpc) is 2.37. The molecule has 0 saturated carbocycles. The maximum atomic E-state index is 12.3. The van der Waals surface area contributed by atoms with Gasteiger partial charge in [0.05, 0.1) is 5.75 Å². The van der Waals surface area contributed by atoms with Crippen LogP contribution in [0, 0.1) is 27.7 Å². The zero-order chi connectivity index (χ0) is 14.7. The van der Waals surface area contributed by atoms with Crippen LogP contribution in [-0.2, 0) is 0 Å². The Morgan fingerprint density at radius 3 is 2.10 bits per heavy atom. The van der Waals surface area contributed by atoms with Crippen molar-refractivity contribution in [1.82, 2.24) is 0 Å². The molecular weight excluding hydrogens is 264 g/mol. The van der Waals surface area contributed by atoms with Crippen LogP contribution in [0.15, 0.2) is 41.3 Å². The summed E-state index contributed by atoms with van der Waals surface area (Å²) < 4.78 is 0. The molecule has 2 aromatic rings. The zero-order valence-electron chi connectivity index (χ0n) is 12.5. The lowest BCUT2D eigenvalue weighted by molar-refractivity contribution is 0.102. The number of Topliss-reactive ketones (excluding diaryl/α,β-unsaturated/α-hetero) is 1. The first-order chi connectivity index (χ1) is 9.47. The first kappa shape index (κ1) is 14.9. The van der Waals surface area contributed by atoms with Gasteiger partial charge >= 0.3 is 0 Å². The van der Waals surface area contributed by atoms with Gasteiger partial charge in [-0.2, -0.15) is 0 Å². The van der Waals surface area contributed by atoms with Crippen molar-refractivity contribution in [3.8, 4) is 0 Å². The van der Waals surface area contributed by atoms with E-state index in [-0.39, 0.29) is 5.78 Å². The molecule has 104 valence electrons. The third-order valence-corrected chi connectivity index (χ3v) is 4.55. The molecule has 0 aliphatic heterocycles. The molecule has 0 aliphatic carbocycles. The lowest BCUT2D eigenvalue weighted by atomic mass is 10.0. The smallest absolute Gasteiger partial charge is 0.173 e. The van der Waals surface area contributed by atoms with E-state index in [4.69, 9.17) is 0 Å². The summed E-state index contributed by atoms with van der Waals surface area (Å²) in [6.07, 6.45) is 0. The van der Waals surface area contributed by atoms with Crippen LogP contribution in [0.2, 0.25) is 0 Å². The minimum absolute atomic E-state index is 0.201. The van der Waals surface area contributed by atoms with Crippen LogP contribution in [0.4, 0.5) is 0 Å². The van der Waals surface area contributed by atoms with E-state index in [2.05, 4.69) is 38.1 Å². The van der Waals surface area contributed by atoms with E-state index in [9.17, 15) is 4.79 Å². The van der Waals surface area contributed by atoms with Gasteiger partial charge in [-0.1, -0.05) is 41.5 Å². The number of hydrogen-bond donors (Lipinski definition) is 0. The second-order valence-corrected chi connectivity index (χ2v) is 6.32. The van der Waals surface area contributed by atoms with Crippen molar-refractivity contribution < 1.29 is 4.79 Å². The van der Waals surface area contributed by atoms with Gasteiger partial charge in [0.2, 0.25) is 0 Å². The van der Waals surface area contributed by atoms with Crippen LogP contribution in [0.5, 0.6) is 0 Å². The first-order valence-electron chi connectivity index (χ1n) is 6.78. The van der Waals surface area contributed by atoms with Crippen LogP contribution in [0.1, 0.15) is 32.6 Å². The summed E-state index contributed by atoms with van der Waals surface area (Å²) in [5.74, 6) is 0.695. The van der Waals surface area contributed by atoms with Crippen LogP contribution in [-0.4, -0.2) is 11.5 Å². The number of carbonyl (C=O) groups excluding carboxylic acids is 1. The maximum Gasteiger partial charge on any atom is 0.173 e. The summed E-state index contributed by atoms with van der Waals surface area (Å²) >= 11 is 1.62. The fraction of sp³-hybridized carbons (Fsp3) is 0.278. The Balaban J connectivity index is 2.08. The van der Waals surface area contributed by atoms with Crippen LogP contribution in [0.3, 0.4) is 0 Å². The standard InChI is InChI=1S/C18H20OS/c1-12-5-7-16(14(3)9-12)17(19)11-20-18-8-6-13(2)10-15(18)4/h5-10H,11H2,1-4H3. The Kier molecular flexibility index (Phi) is 4.66. The van der Waals surface area contributed by atoms with E-state index in [1.807, 2.05) is 26.0 Å². The minimum Gasteiger partial charge on any atom is -0.293 e. The highest BCUT2D eigenvalue weighted by Crippen LogP contribution is 2.24. The molecule has 0 N–H and O–H groups in total. The van der Waals surface area contributed by atoms with Gasteiger partial charge in [-0.15, -0.1) is 11.8 Å². The first-order valence-corrected chi connectivity index (χ1v) is 7.76. The molecule has 0 saturated heterocycles. The number of rotatable bonds is 4. The summed E-state index contributed by atoms with van der Waals surface area (Å²) in [6.45, 7) is 8.23. The van der Waals surface area contributed by atoms with Gasteiger partial charge in [0.15, 0.2) is 5.78 Å². The van der Waals surface area contributed by atoms with Crippen molar-refractivity contribution in [2.75, 3.05) is 5.75 Å². The molecule has 20 heavy (non-hydrogen) atoms. The molecule has 0 bridgehead atoms. The van der Waals surface area contributed by atoms with Crippen molar-refractivity contribution in [2.45, 2.75) is 32.6 Å². The van der Waals surface area contributed by atoms with E-state index in [0.717, 1.165) is 11.1 Å². The average molecular weight is 284 g/mol. The number of thioether (sulfide) groups is 1. The molecule has 0 atom stereocenters. The van der Waals surface area contributed by atoms with Crippen molar-refractivity contribution in [2.24, 2.45) is 0 Å². The SMILES string of the molecule is Cc1ccc(SCC(=O)c2ccc(C)cc2C)c(C)c1. The number of hydrogen-bond acceptors (Lipinski definition) is 2. The monoisotopic (exact) mass is 284 g/mol. The fourth-order valence-corrected chi connectivity index (χ4v) is 3.20. The number of aryl methyl sites for hydroxylation is 4. The summed E-state index contributed by atoms with van der Waals surface area (Å²) in [4.78, 5) is 13.5. The molecule has 2 heteroatoms. The molecule has 0 amide bonds. The van der Waals surface area contributed by atoms with Gasteiger partial charge in [-0.05, 0) is 44.9 Å². The third-order valence-electron chi connectivity index (χ3n) is 3.37. The maximum absolute atomic E-state index is 12.3. The van der Waals surface area contributed by atoms with Gasteiger partial charge in [-0.3, -0.25) is 4.79 Å². The van der Waals surface area contributed by atoms with Crippen molar-refractivity contribution in [1.29, 1.82) is 0 Å². The minimum atomic E-state index is 0.201. The fourth-order valence-electron chi connectivity index (χ4n) is 2.31. The van der Waals surface area contributed by atoms with Crippen molar-refractivity contribution in [3.63, 3.8) is 0 Å². The van der Waals surface area contributed by atoms with E-state index in [1.165, 1.54) is 21.6 Å². The Morgan fingerprint density at radius 1 is 0.900 bits per heavy atom.